The highest BCUT2D eigenvalue weighted by Gasteiger charge is 2.14. The second-order valence-electron chi connectivity index (χ2n) is 2.91. The lowest BCUT2D eigenvalue weighted by Crippen LogP contribution is -2.39. The van der Waals surface area contributed by atoms with E-state index in [4.69, 9.17) is 9.84 Å². The van der Waals surface area contributed by atoms with Crippen LogP contribution in [0.1, 0.15) is 0 Å². The fourth-order valence-electron chi connectivity index (χ4n) is 0.921. The minimum absolute atomic E-state index is 0.242. The number of para-hydroxylation sites is 1. The van der Waals surface area contributed by atoms with Crippen molar-refractivity contribution in [3.63, 3.8) is 0 Å². The number of carbonyl (C=O) groups is 2. The molecular formula is C10H11NO4S. The molecular weight excluding hydrogens is 230 g/mol. The minimum atomic E-state index is -1.22. The number of hydrogen-bond donors (Lipinski definition) is 3. The molecule has 5 nitrogen and oxygen atoms in total. The van der Waals surface area contributed by atoms with Crippen LogP contribution in [-0.4, -0.2) is 29.0 Å². The van der Waals surface area contributed by atoms with E-state index in [2.05, 4.69) is 17.9 Å². The van der Waals surface area contributed by atoms with E-state index >= 15 is 0 Å². The van der Waals surface area contributed by atoms with Crippen molar-refractivity contribution in [2.45, 2.75) is 5.37 Å². The SMILES string of the molecule is O=C(COc1ccccc1)NC(S)C(=O)O. The van der Waals surface area contributed by atoms with Crippen molar-refractivity contribution in [3.8, 4) is 5.75 Å². The first-order valence-corrected chi connectivity index (χ1v) is 4.99. The Morgan fingerprint density at radius 1 is 1.38 bits per heavy atom. The average Bonchev–Trinajstić information content (AvgIpc) is 2.27. The number of carboxylic acids is 1. The topological polar surface area (TPSA) is 75.6 Å². The van der Waals surface area contributed by atoms with Crippen LogP contribution in [0.5, 0.6) is 5.75 Å². The second-order valence-corrected chi connectivity index (χ2v) is 3.43. The van der Waals surface area contributed by atoms with Crippen LogP contribution in [0.15, 0.2) is 30.3 Å². The van der Waals surface area contributed by atoms with E-state index in [1.165, 1.54) is 0 Å². The zero-order valence-corrected chi connectivity index (χ0v) is 9.18. The third-order valence-electron chi connectivity index (χ3n) is 1.64. The molecule has 0 saturated heterocycles. The first kappa shape index (κ1) is 12.4. The van der Waals surface area contributed by atoms with Crippen LogP contribution >= 0.6 is 12.6 Å². The molecule has 0 aliphatic carbocycles. The molecule has 0 spiro atoms. The lowest BCUT2D eigenvalue weighted by Gasteiger charge is -2.09. The standard InChI is InChI=1S/C10H11NO4S/c12-8(11-9(16)10(13)14)6-15-7-4-2-1-3-5-7/h1-5,9,16H,6H2,(H,11,12)(H,13,14). The Balaban J connectivity index is 2.33. The fourth-order valence-corrected chi connectivity index (χ4v) is 1.07. The summed E-state index contributed by atoms with van der Waals surface area (Å²) in [5, 5.41) is 9.42. The highest BCUT2D eigenvalue weighted by molar-refractivity contribution is 7.81. The first-order valence-electron chi connectivity index (χ1n) is 4.47. The molecule has 1 aromatic carbocycles. The maximum absolute atomic E-state index is 11.2. The van der Waals surface area contributed by atoms with Gasteiger partial charge in [-0.05, 0) is 12.1 Å². The van der Waals surface area contributed by atoms with Gasteiger partial charge in [0.15, 0.2) is 12.0 Å². The van der Waals surface area contributed by atoms with Crippen LogP contribution < -0.4 is 10.1 Å². The Hall–Kier alpha value is -1.69. The molecule has 0 aliphatic heterocycles. The number of carboxylic acid groups (broad SMARTS) is 1. The van der Waals surface area contributed by atoms with E-state index in [1.807, 2.05) is 6.07 Å². The molecule has 1 atom stereocenters. The zero-order valence-electron chi connectivity index (χ0n) is 8.29. The molecule has 16 heavy (non-hydrogen) atoms. The number of carbonyl (C=O) groups excluding carboxylic acids is 1. The second kappa shape index (κ2) is 6.02. The van der Waals surface area contributed by atoms with E-state index < -0.39 is 17.3 Å². The fraction of sp³-hybridized carbons (Fsp3) is 0.200. The van der Waals surface area contributed by atoms with Crippen molar-refractivity contribution >= 4 is 24.5 Å². The van der Waals surface area contributed by atoms with Crippen LogP contribution in [0.4, 0.5) is 0 Å². The van der Waals surface area contributed by atoms with Crippen LogP contribution in [0.3, 0.4) is 0 Å². The number of benzene rings is 1. The number of amides is 1. The molecule has 0 fully saturated rings. The Labute approximate surface area is 97.8 Å². The summed E-state index contributed by atoms with van der Waals surface area (Å²) >= 11 is 3.66. The predicted octanol–water partition coefficient (Wildman–Crippen LogP) is 0.522. The lowest BCUT2D eigenvalue weighted by atomic mass is 10.3. The van der Waals surface area contributed by atoms with Gasteiger partial charge < -0.3 is 15.2 Å². The van der Waals surface area contributed by atoms with Crippen LogP contribution in [0.2, 0.25) is 0 Å². The minimum Gasteiger partial charge on any atom is -0.484 e. The van der Waals surface area contributed by atoms with Gasteiger partial charge in [0, 0.05) is 0 Å². The number of hydrogen-bond acceptors (Lipinski definition) is 4. The Morgan fingerprint density at radius 3 is 2.56 bits per heavy atom. The molecule has 86 valence electrons. The summed E-state index contributed by atoms with van der Waals surface area (Å²) in [5.74, 6) is -1.20. The zero-order chi connectivity index (χ0) is 12.0. The molecule has 2 N–H and O–H groups in total. The molecule has 0 heterocycles. The molecule has 6 heteroatoms. The van der Waals surface area contributed by atoms with E-state index in [0.717, 1.165) is 0 Å². The van der Waals surface area contributed by atoms with Gasteiger partial charge in [0.2, 0.25) is 0 Å². The highest BCUT2D eigenvalue weighted by atomic mass is 32.1. The third kappa shape index (κ3) is 4.22. The van der Waals surface area contributed by atoms with Gasteiger partial charge in [0.1, 0.15) is 5.75 Å². The van der Waals surface area contributed by atoms with Crippen LogP contribution in [0.25, 0.3) is 0 Å². The monoisotopic (exact) mass is 241 g/mol. The Morgan fingerprint density at radius 2 is 2.00 bits per heavy atom. The van der Waals surface area contributed by atoms with Gasteiger partial charge in [-0.15, -0.1) is 12.6 Å². The van der Waals surface area contributed by atoms with Crippen LogP contribution in [-0.2, 0) is 9.59 Å². The molecule has 1 rings (SSSR count). The Bertz CT molecular complexity index is 368. The van der Waals surface area contributed by atoms with Crippen molar-refractivity contribution < 1.29 is 19.4 Å². The van der Waals surface area contributed by atoms with Gasteiger partial charge >= 0.3 is 5.97 Å². The average molecular weight is 241 g/mol. The molecule has 1 aromatic rings. The molecule has 0 saturated carbocycles. The van der Waals surface area contributed by atoms with E-state index in [1.54, 1.807) is 24.3 Å². The van der Waals surface area contributed by atoms with Crippen LogP contribution in [0, 0.1) is 0 Å². The molecule has 0 bridgehead atoms. The number of rotatable bonds is 5. The van der Waals surface area contributed by atoms with Gasteiger partial charge in [-0.3, -0.25) is 4.79 Å². The predicted molar refractivity (Wildman–Crippen MR) is 60.5 cm³/mol. The molecule has 0 aliphatic rings. The van der Waals surface area contributed by atoms with Gasteiger partial charge in [0.05, 0.1) is 0 Å². The summed E-state index contributed by atoms with van der Waals surface area (Å²) < 4.78 is 5.11. The smallest absolute Gasteiger partial charge is 0.336 e. The number of thiol groups is 1. The van der Waals surface area contributed by atoms with Gasteiger partial charge in [0.25, 0.3) is 5.91 Å². The lowest BCUT2D eigenvalue weighted by molar-refractivity contribution is -0.139. The van der Waals surface area contributed by atoms with Gasteiger partial charge in [-0.25, -0.2) is 4.79 Å². The summed E-state index contributed by atoms with van der Waals surface area (Å²) in [7, 11) is 0. The third-order valence-corrected chi connectivity index (χ3v) is 1.99. The Kier molecular flexibility index (Phi) is 4.65. The summed E-state index contributed by atoms with van der Waals surface area (Å²) in [6, 6.07) is 8.75. The summed E-state index contributed by atoms with van der Waals surface area (Å²) in [4.78, 5) is 21.6. The number of ether oxygens (including phenoxy) is 1. The molecule has 0 radical (unpaired) electrons. The molecule has 1 amide bonds. The van der Waals surface area contributed by atoms with E-state index in [9.17, 15) is 9.59 Å². The summed E-state index contributed by atoms with van der Waals surface area (Å²) in [6.45, 7) is -0.242. The largest absolute Gasteiger partial charge is 0.484 e. The highest BCUT2D eigenvalue weighted by Crippen LogP contribution is 2.07. The van der Waals surface area contributed by atoms with Gasteiger partial charge in [-0.2, -0.15) is 0 Å². The number of aliphatic carboxylic acids is 1. The van der Waals surface area contributed by atoms with Crippen molar-refractivity contribution in [3.05, 3.63) is 30.3 Å². The molecule has 0 aromatic heterocycles. The first-order chi connectivity index (χ1) is 7.59. The molecule has 1 unspecified atom stereocenters. The number of nitrogens with one attached hydrogen (secondary N) is 1. The summed E-state index contributed by atoms with van der Waals surface area (Å²) in [5.41, 5.74) is 0. The van der Waals surface area contributed by atoms with Crippen molar-refractivity contribution in [2.24, 2.45) is 0 Å². The summed E-state index contributed by atoms with van der Waals surface area (Å²) in [6.07, 6.45) is 0. The quantitative estimate of drug-likeness (QED) is 0.519. The van der Waals surface area contributed by atoms with E-state index in [-0.39, 0.29) is 6.61 Å². The van der Waals surface area contributed by atoms with E-state index in [0.29, 0.717) is 5.75 Å². The maximum atomic E-state index is 11.2. The van der Waals surface area contributed by atoms with Gasteiger partial charge in [-0.1, -0.05) is 18.2 Å². The maximum Gasteiger partial charge on any atom is 0.336 e. The van der Waals surface area contributed by atoms with Crippen molar-refractivity contribution in [1.82, 2.24) is 5.32 Å². The normalized spacial score (nSPS) is 11.6. The van der Waals surface area contributed by atoms with Crippen molar-refractivity contribution in [1.29, 1.82) is 0 Å². The van der Waals surface area contributed by atoms with Crippen molar-refractivity contribution in [2.75, 3.05) is 6.61 Å².